The fraction of sp³-hybridized carbons (Fsp3) is 0.818. The van der Waals surface area contributed by atoms with Crippen LogP contribution in [0.3, 0.4) is 0 Å². The third-order valence-corrected chi connectivity index (χ3v) is 3.85. The molecule has 0 aromatic heterocycles. The van der Waals surface area contributed by atoms with E-state index in [9.17, 15) is 9.59 Å². The maximum absolute atomic E-state index is 11.1. The molecule has 0 bridgehead atoms. The number of rotatable bonds is 3. The fourth-order valence-electron chi connectivity index (χ4n) is 2.32. The molecule has 0 aliphatic heterocycles. The Balaban J connectivity index is 2.88. The molecule has 1 aliphatic carbocycles. The molecule has 0 amide bonds. The number of carbonyl (C=O) groups excluding carboxylic acids is 2. The molecule has 13 heavy (non-hydrogen) atoms. The van der Waals surface area contributed by atoms with E-state index in [1.165, 1.54) is 0 Å². The van der Waals surface area contributed by atoms with Crippen LogP contribution in [-0.2, 0) is 9.59 Å². The van der Waals surface area contributed by atoms with Crippen molar-refractivity contribution in [1.82, 2.24) is 0 Å². The Kier molecular flexibility index (Phi) is 2.89. The molecule has 2 atom stereocenters. The van der Waals surface area contributed by atoms with E-state index in [1.54, 1.807) is 0 Å². The molecular formula is C11H18O2. The molecule has 1 rings (SSSR count). The van der Waals surface area contributed by atoms with Crippen molar-refractivity contribution < 1.29 is 9.59 Å². The van der Waals surface area contributed by atoms with Crippen molar-refractivity contribution in [1.29, 1.82) is 0 Å². The standard InChI is InChI=1S/C11H18O2/c1-10(7-8-12)5-3-4-6-11(10,2)9-13/h8-9H,3-7H2,1-2H3. The Hall–Kier alpha value is -0.660. The zero-order chi connectivity index (χ0) is 9.95. The van der Waals surface area contributed by atoms with Crippen LogP contribution in [0.4, 0.5) is 0 Å². The molecule has 0 N–H and O–H groups in total. The van der Waals surface area contributed by atoms with E-state index in [2.05, 4.69) is 6.92 Å². The summed E-state index contributed by atoms with van der Waals surface area (Å²) in [5.41, 5.74) is -0.388. The van der Waals surface area contributed by atoms with Crippen molar-refractivity contribution in [3.05, 3.63) is 0 Å². The van der Waals surface area contributed by atoms with E-state index < -0.39 is 0 Å². The number of carbonyl (C=O) groups is 2. The minimum absolute atomic E-state index is 0.102. The van der Waals surface area contributed by atoms with Crippen LogP contribution in [0.5, 0.6) is 0 Å². The molecule has 0 aromatic rings. The lowest BCUT2D eigenvalue weighted by molar-refractivity contribution is -0.127. The van der Waals surface area contributed by atoms with Gasteiger partial charge in [-0.2, -0.15) is 0 Å². The highest BCUT2D eigenvalue weighted by Crippen LogP contribution is 2.50. The smallest absolute Gasteiger partial charge is 0.126 e. The van der Waals surface area contributed by atoms with Gasteiger partial charge in [0.15, 0.2) is 0 Å². The average Bonchev–Trinajstić information content (AvgIpc) is 2.11. The van der Waals surface area contributed by atoms with Crippen molar-refractivity contribution >= 4 is 12.6 Å². The molecule has 1 saturated carbocycles. The topological polar surface area (TPSA) is 34.1 Å². The van der Waals surface area contributed by atoms with E-state index in [0.29, 0.717) is 6.42 Å². The Bertz CT molecular complexity index is 212. The van der Waals surface area contributed by atoms with Gasteiger partial charge in [-0.15, -0.1) is 0 Å². The molecule has 0 heterocycles. The van der Waals surface area contributed by atoms with Crippen LogP contribution in [0.2, 0.25) is 0 Å². The highest BCUT2D eigenvalue weighted by molar-refractivity contribution is 5.63. The van der Waals surface area contributed by atoms with Crippen LogP contribution >= 0.6 is 0 Å². The van der Waals surface area contributed by atoms with Gasteiger partial charge in [0.2, 0.25) is 0 Å². The van der Waals surface area contributed by atoms with E-state index in [4.69, 9.17) is 0 Å². The predicted octanol–water partition coefficient (Wildman–Crippen LogP) is 2.36. The summed E-state index contributed by atoms with van der Waals surface area (Å²) in [7, 11) is 0. The van der Waals surface area contributed by atoms with Gasteiger partial charge in [0, 0.05) is 11.8 Å². The van der Waals surface area contributed by atoms with E-state index >= 15 is 0 Å². The second kappa shape index (κ2) is 3.60. The van der Waals surface area contributed by atoms with E-state index in [0.717, 1.165) is 38.3 Å². The fourth-order valence-corrected chi connectivity index (χ4v) is 2.32. The third kappa shape index (κ3) is 1.67. The minimum Gasteiger partial charge on any atom is -0.303 e. The van der Waals surface area contributed by atoms with Crippen LogP contribution < -0.4 is 0 Å². The summed E-state index contributed by atoms with van der Waals surface area (Å²) >= 11 is 0. The number of aldehydes is 2. The predicted molar refractivity (Wildman–Crippen MR) is 51.4 cm³/mol. The zero-order valence-electron chi connectivity index (χ0n) is 8.51. The van der Waals surface area contributed by atoms with Gasteiger partial charge >= 0.3 is 0 Å². The second-order valence-electron chi connectivity index (χ2n) is 4.67. The molecule has 0 saturated heterocycles. The molecule has 0 radical (unpaired) electrons. The van der Waals surface area contributed by atoms with Crippen molar-refractivity contribution in [2.75, 3.05) is 0 Å². The normalized spacial score (nSPS) is 39.8. The average molecular weight is 182 g/mol. The SMILES string of the molecule is CC1(C=O)CCCCC1(C)CC=O. The summed E-state index contributed by atoms with van der Waals surface area (Å²) in [4.78, 5) is 21.6. The Morgan fingerprint density at radius 3 is 2.31 bits per heavy atom. The van der Waals surface area contributed by atoms with Crippen LogP contribution in [0.15, 0.2) is 0 Å². The maximum atomic E-state index is 11.1. The first kappa shape index (κ1) is 10.4. The molecule has 1 fully saturated rings. The van der Waals surface area contributed by atoms with Gasteiger partial charge in [-0.1, -0.05) is 26.7 Å². The van der Waals surface area contributed by atoms with Gasteiger partial charge in [0.25, 0.3) is 0 Å². The van der Waals surface area contributed by atoms with Gasteiger partial charge in [-0.05, 0) is 18.3 Å². The molecule has 2 heteroatoms. The van der Waals surface area contributed by atoms with Gasteiger partial charge in [0.05, 0.1) is 0 Å². The van der Waals surface area contributed by atoms with Gasteiger partial charge < -0.3 is 9.59 Å². The van der Waals surface area contributed by atoms with Crippen LogP contribution in [0, 0.1) is 10.8 Å². The van der Waals surface area contributed by atoms with Crippen molar-refractivity contribution in [2.24, 2.45) is 10.8 Å². The molecule has 2 unspecified atom stereocenters. The second-order valence-corrected chi connectivity index (χ2v) is 4.67. The summed E-state index contributed by atoms with van der Waals surface area (Å²) in [5.74, 6) is 0. The van der Waals surface area contributed by atoms with E-state index in [1.807, 2.05) is 6.92 Å². The Morgan fingerprint density at radius 1 is 1.15 bits per heavy atom. The molecular weight excluding hydrogens is 164 g/mol. The maximum Gasteiger partial charge on any atom is 0.126 e. The van der Waals surface area contributed by atoms with E-state index in [-0.39, 0.29) is 10.8 Å². The number of hydrogen-bond donors (Lipinski definition) is 0. The quantitative estimate of drug-likeness (QED) is 0.628. The first-order chi connectivity index (χ1) is 6.08. The number of hydrogen-bond acceptors (Lipinski definition) is 2. The lowest BCUT2D eigenvalue weighted by Crippen LogP contribution is -2.42. The summed E-state index contributed by atoms with van der Waals surface area (Å²) in [6.45, 7) is 4.05. The summed E-state index contributed by atoms with van der Waals surface area (Å²) in [6.07, 6.45) is 6.71. The third-order valence-electron chi connectivity index (χ3n) is 3.85. The highest BCUT2D eigenvalue weighted by Gasteiger charge is 2.45. The van der Waals surface area contributed by atoms with Gasteiger partial charge in [-0.3, -0.25) is 0 Å². The van der Waals surface area contributed by atoms with Crippen LogP contribution in [0.1, 0.15) is 46.0 Å². The largest absolute Gasteiger partial charge is 0.303 e. The highest BCUT2D eigenvalue weighted by atomic mass is 16.1. The summed E-state index contributed by atoms with van der Waals surface area (Å²) in [5, 5.41) is 0. The van der Waals surface area contributed by atoms with Crippen molar-refractivity contribution in [2.45, 2.75) is 46.0 Å². The minimum atomic E-state index is -0.286. The molecule has 1 aliphatic rings. The lowest BCUT2D eigenvalue weighted by atomic mass is 9.57. The van der Waals surface area contributed by atoms with Crippen molar-refractivity contribution in [3.63, 3.8) is 0 Å². The monoisotopic (exact) mass is 182 g/mol. The van der Waals surface area contributed by atoms with Crippen molar-refractivity contribution in [3.8, 4) is 0 Å². The molecule has 74 valence electrons. The molecule has 0 aromatic carbocycles. The summed E-state index contributed by atoms with van der Waals surface area (Å²) < 4.78 is 0. The molecule has 0 spiro atoms. The van der Waals surface area contributed by atoms with Gasteiger partial charge in [0.1, 0.15) is 12.6 Å². The lowest BCUT2D eigenvalue weighted by Gasteiger charge is -2.45. The van der Waals surface area contributed by atoms with Crippen LogP contribution in [-0.4, -0.2) is 12.6 Å². The first-order valence-electron chi connectivity index (χ1n) is 4.98. The Labute approximate surface area is 79.7 Å². The zero-order valence-corrected chi connectivity index (χ0v) is 8.51. The van der Waals surface area contributed by atoms with Gasteiger partial charge in [-0.25, -0.2) is 0 Å². The first-order valence-corrected chi connectivity index (χ1v) is 4.98. The Morgan fingerprint density at radius 2 is 1.77 bits per heavy atom. The molecule has 2 nitrogen and oxygen atoms in total. The summed E-state index contributed by atoms with van der Waals surface area (Å²) in [6, 6.07) is 0. The van der Waals surface area contributed by atoms with Crippen LogP contribution in [0.25, 0.3) is 0 Å².